The van der Waals surface area contributed by atoms with Crippen LogP contribution >= 0.6 is 0 Å². The van der Waals surface area contributed by atoms with Crippen LogP contribution in [0.2, 0.25) is 0 Å². The number of hydrogen-bond donors (Lipinski definition) is 0. The summed E-state index contributed by atoms with van der Waals surface area (Å²) in [5, 5.41) is 5.12. The Hall–Kier alpha value is -2.64. The second-order valence-electron chi connectivity index (χ2n) is 6.15. The predicted octanol–water partition coefficient (Wildman–Crippen LogP) is 5.81. The molecule has 1 nitrogen and oxygen atoms in total. The minimum atomic E-state index is 0.169. The summed E-state index contributed by atoms with van der Waals surface area (Å²) in [7, 11) is 0. The second-order valence-corrected chi connectivity index (χ2v) is 6.15. The highest BCUT2D eigenvalue weighted by Crippen LogP contribution is 2.52. The minimum absolute atomic E-state index is 0.169. The van der Waals surface area contributed by atoms with Gasteiger partial charge in [0.05, 0.1) is 0 Å². The summed E-state index contributed by atoms with van der Waals surface area (Å²) < 4.78 is 6.05. The molecule has 0 aromatic heterocycles. The van der Waals surface area contributed by atoms with Gasteiger partial charge in [-0.3, -0.25) is 0 Å². The highest BCUT2D eigenvalue weighted by Gasteiger charge is 2.42. The quantitative estimate of drug-likeness (QED) is 0.425. The summed E-state index contributed by atoms with van der Waals surface area (Å²) >= 11 is 0. The third-order valence-corrected chi connectivity index (χ3v) is 4.72. The van der Waals surface area contributed by atoms with Gasteiger partial charge in [0.25, 0.3) is 0 Å². The van der Waals surface area contributed by atoms with Crippen LogP contribution in [0.5, 0.6) is 0 Å². The van der Waals surface area contributed by atoms with Crippen LogP contribution in [0, 0.1) is 0 Å². The monoisotopic (exact) mass is 296 g/mol. The van der Waals surface area contributed by atoms with Crippen LogP contribution in [0.3, 0.4) is 0 Å². The molecular formula is C22H16O. The van der Waals surface area contributed by atoms with Gasteiger partial charge in [-0.2, -0.15) is 0 Å². The molecule has 0 saturated carbocycles. The van der Waals surface area contributed by atoms with Crippen molar-refractivity contribution in [1.29, 1.82) is 0 Å². The van der Waals surface area contributed by atoms with E-state index in [2.05, 4.69) is 84.9 Å². The highest BCUT2D eigenvalue weighted by molar-refractivity contribution is 5.86. The largest absolute Gasteiger partial charge is 0.359 e. The van der Waals surface area contributed by atoms with Crippen LogP contribution < -0.4 is 0 Å². The SMILES string of the molecule is c1ccc2cc(C3OC3c3cccc4ccccc34)ccc2c1. The van der Waals surface area contributed by atoms with Crippen LogP contribution in [0.25, 0.3) is 21.5 Å². The van der Waals surface area contributed by atoms with Gasteiger partial charge in [0.1, 0.15) is 12.2 Å². The fourth-order valence-corrected chi connectivity index (χ4v) is 3.49. The Morgan fingerprint density at radius 1 is 0.565 bits per heavy atom. The van der Waals surface area contributed by atoms with Crippen molar-refractivity contribution in [3.63, 3.8) is 0 Å². The van der Waals surface area contributed by atoms with Crippen LogP contribution in [0.15, 0.2) is 84.9 Å². The van der Waals surface area contributed by atoms with E-state index in [-0.39, 0.29) is 12.2 Å². The van der Waals surface area contributed by atoms with Crippen LogP contribution in [-0.2, 0) is 4.74 Å². The molecule has 1 fully saturated rings. The van der Waals surface area contributed by atoms with E-state index in [4.69, 9.17) is 4.74 Å². The van der Waals surface area contributed by atoms with Gasteiger partial charge in [0, 0.05) is 0 Å². The standard InChI is InChI=1S/C22H16O/c1-2-8-17-14-18(13-12-15(17)6-1)21-22(23-21)20-11-5-9-16-7-3-4-10-19(16)20/h1-14,21-22H. The first-order chi connectivity index (χ1) is 11.4. The normalized spacial score (nSPS) is 20.0. The maximum Gasteiger partial charge on any atom is 0.114 e. The van der Waals surface area contributed by atoms with Gasteiger partial charge >= 0.3 is 0 Å². The molecule has 5 rings (SSSR count). The maximum absolute atomic E-state index is 6.05. The van der Waals surface area contributed by atoms with Crippen LogP contribution in [0.1, 0.15) is 23.3 Å². The molecule has 1 heteroatoms. The molecule has 1 aliphatic rings. The van der Waals surface area contributed by atoms with Gasteiger partial charge in [-0.25, -0.2) is 0 Å². The van der Waals surface area contributed by atoms with Crippen molar-refractivity contribution < 1.29 is 4.74 Å². The average molecular weight is 296 g/mol. The molecule has 0 N–H and O–H groups in total. The molecule has 1 heterocycles. The zero-order valence-electron chi connectivity index (χ0n) is 12.6. The lowest BCUT2D eigenvalue weighted by molar-refractivity contribution is 0.378. The molecule has 4 aromatic carbocycles. The molecule has 0 amide bonds. The van der Waals surface area contributed by atoms with E-state index in [1.54, 1.807) is 0 Å². The van der Waals surface area contributed by atoms with Gasteiger partial charge < -0.3 is 4.74 Å². The smallest absolute Gasteiger partial charge is 0.114 e. The first kappa shape index (κ1) is 12.9. The van der Waals surface area contributed by atoms with E-state index >= 15 is 0 Å². The average Bonchev–Trinajstić information content (AvgIpc) is 3.41. The third-order valence-electron chi connectivity index (χ3n) is 4.72. The fourth-order valence-electron chi connectivity index (χ4n) is 3.49. The zero-order valence-corrected chi connectivity index (χ0v) is 12.6. The van der Waals surface area contributed by atoms with Crippen molar-refractivity contribution in [3.8, 4) is 0 Å². The summed E-state index contributed by atoms with van der Waals surface area (Å²) in [6.07, 6.45) is 0.340. The molecule has 0 radical (unpaired) electrons. The molecule has 23 heavy (non-hydrogen) atoms. The molecule has 0 aliphatic carbocycles. The Morgan fingerprint density at radius 2 is 1.30 bits per heavy atom. The van der Waals surface area contributed by atoms with Crippen molar-refractivity contribution in [2.45, 2.75) is 12.2 Å². The first-order valence-electron chi connectivity index (χ1n) is 8.02. The summed E-state index contributed by atoms with van der Waals surface area (Å²) in [5.41, 5.74) is 2.56. The maximum atomic E-state index is 6.05. The topological polar surface area (TPSA) is 12.5 Å². The summed E-state index contributed by atoms with van der Waals surface area (Å²) in [6, 6.07) is 30.1. The van der Waals surface area contributed by atoms with Gasteiger partial charge in [0.15, 0.2) is 0 Å². The first-order valence-corrected chi connectivity index (χ1v) is 8.02. The van der Waals surface area contributed by atoms with Crippen molar-refractivity contribution in [1.82, 2.24) is 0 Å². The molecule has 1 saturated heterocycles. The van der Waals surface area contributed by atoms with Gasteiger partial charge in [0.2, 0.25) is 0 Å². The van der Waals surface area contributed by atoms with Gasteiger partial charge in [-0.05, 0) is 38.7 Å². The number of benzene rings is 4. The summed E-state index contributed by atoms with van der Waals surface area (Å²) in [4.78, 5) is 0. The summed E-state index contributed by atoms with van der Waals surface area (Å²) in [6.45, 7) is 0. The van der Waals surface area contributed by atoms with Crippen LogP contribution in [-0.4, -0.2) is 0 Å². The second kappa shape index (κ2) is 4.94. The van der Waals surface area contributed by atoms with E-state index < -0.39 is 0 Å². The van der Waals surface area contributed by atoms with E-state index in [0.29, 0.717) is 0 Å². The molecule has 1 aliphatic heterocycles. The lowest BCUT2D eigenvalue weighted by atomic mass is 9.97. The Kier molecular flexibility index (Phi) is 2.76. The lowest BCUT2D eigenvalue weighted by Gasteiger charge is -2.04. The molecule has 2 atom stereocenters. The minimum Gasteiger partial charge on any atom is -0.359 e. The van der Waals surface area contributed by atoms with Gasteiger partial charge in [-0.15, -0.1) is 0 Å². The van der Waals surface area contributed by atoms with E-state index in [9.17, 15) is 0 Å². The van der Waals surface area contributed by atoms with E-state index in [1.165, 1.54) is 32.7 Å². The molecule has 110 valence electrons. The molecule has 2 unspecified atom stereocenters. The van der Waals surface area contributed by atoms with Crippen molar-refractivity contribution in [2.75, 3.05) is 0 Å². The molecular weight excluding hydrogens is 280 g/mol. The molecule has 0 bridgehead atoms. The van der Waals surface area contributed by atoms with Gasteiger partial charge in [-0.1, -0.05) is 78.9 Å². The Bertz CT molecular complexity index is 1010. The number of rotatable bonds is 2. The van der Waals surface area contributed by atoms with Crippen molar-refractivity contribution >= 4 is 21.5 Å². The molecule has 0 spiro atoms. The van der Waals surface area contributed by atoms with E-state index in [0.717, 1.165) is 0 Å². The zero-order chi connectivity index (χ0) is 15.2. The Labute approximate surface area is 135 Å². The Morgan fingerprint density at radius 3 is 2.22 bits per heavy atom. The van der Waals surface area contributed by atoms with Crippen molar-refractivity contribution in [3.05, 3.63) is 96.1 Å². The third kappa shape index (κ3) is 2.13. The highest BCUT2D eigenvalue weighted by atomic mass is 16.6. The number of epoxide rings is 1. The Balaban J connectivity index is 1.54. The number of hydrogen-bond acceptors (Lipinski definition) is 1. The molecule has 4 aromatic rings. The number of fused-ring (bicyclic) bond motifs is 2. The van der Waals surface area contributed by atoms with E-state index in [1.807, 2.05) is 0 Å². The fraction of sp³-hybridized carbons (Fsp3) is 0.0909. The predicted molar refractivity (Wildman–Crippen MR) is 94.5 cm³/mol. The summed E-state index contributed by atoms with van der Waals surface area (Å²) in [5.74, 6) is 0. The van der Waals surface area contributed by atoms with Crippen LogP contribution in [0.4, 0.5) is 0 Å². The number of ether oxygens (including phenoxy) is 1. The lowest BCUT2D eigenvalue weighted by Crippen LogP contribution is -1.87. The van der Waals surface area contributed by atoms with Crippen molar-refractivity contribution in [2.24, 2.45) is 0 Å².